The van der Waals surface area contributed by atoms with Crippen LogP contribution >= 0.6 is 0 Å². The van der Waals surface area contributed by atoms with Crippen molar-refractivity contribution in [3.63, 3.8) is 0 Å². The van der Waals surface area contributed by atoms with Crippen molar-refractivity contribution >= 4 is 34.2 Å². The Bertz CT molecular complexity index is 1810. The predicted molar refractivity (Wildman–Crippen MR) is 168 cm³/mol. The molecule has 1 N–H and O–H groups in total. The number of amides is 1. The summed E-state index contributed by atoms with van der Waals surface area (Å²) in [4.78, 5) is 38.6. The Balaban J connectivity index is 1.33. The van der Waals surface area contributed by atoms with Crippen LogP contribution in [0, 0.1) is 6.92 Å². The number of aromatic nitrogens is 4. The Hall–Kier alpha value is -4.89. The van der Waals surface area contributed by atoms with E-state index in [0.717, 1.165) is 46.7 Å². The van der Waals surface area contributed by atoms with Crippen LogP contribution in [0.15, 0.2) is 79.0 Å². The molecule has 1 amide bonds. The standard InChI is InChI=1S/C34H34N6O3/c1-22-9-11-23(12-10-22)40-30(21-29(38-40)34(2,3)4)37-32(42)31(41)27-14-13-26(24-7-5-6-8-25(24)27)28-15-16-35-33(36-28)39-17-19-43-20-18-39/h5-16,21H,17-20H2,1-4H3,(H,37,42). The monoisotopic (exact) mass is 574 g/mol. The molecule has 1 aliphatic heterocycles. The van der Waals surface area contributed by atoms with Crippen molar-refractivity contribution in [2.24, 2.45) is 0 Å². The summed E-state index contributed by atoms with van der Waals surface area (Å²) in [6.07, 6.45) is 1.75. The van der Waals surface area contributed by atoms with E-state index in [1.54, 1.807) is 16.9 Å². The number of aryl methyl sites for hydroxylation is 1. The molecule has 0 saturated carbocycles. The maximum Gasteiger partial charge on any atom is 0.297 e. The lowest BCUT2D eigenvalue weighted by Crippen LogP contribution is -2.37. The number of ketones is 1. The molecule has 9 heteroatoms. The van der Waals surface area contributed by atoms with Crippen LogP contribution < -0.4 is 10.2 Å². The van der Waals surface area contributed by atoms with Crippen molar-refractivity contribution in [1.29, 1.82) is 0 Å². The zero-order valence-corrected chi connectivity index (χ0v) is 24.8. The molecule has 0 atom stereocenters. The summed E-state index contributed by atoms with van der Waals surface area (Å²) in [5, 5.41) is 9.12. The number of Topliss-reactive ketones (excluding diaryl/α,β-unsaturated/α-hetero) is 1. The van der Waals surface area contributed by atoms with Crippen LogP contribution in [-0.2, 0) is 14.9 Å². The lowest BCUT2D eigenvalue weighted by molar-refractivity contribution is -0.112. The Morgan fingerprint density at radius 2 is 1.63 bits per heavy atom. The SMILES string of the molecule is Cc1ccc(-n2nc(C(C)(C)C)cc2NC(=O)C(=O)c2ccc(-c3ccnc(N4CCOCC4)n3)c3ccccc23)cc1. The van der Waals surface area contributed by atoms with E-state index >= 15 is 0 Å². The first kappa shape index (κ1) is 28.2. The molecule has 2 aromatic heterocycles. The van der Waals surface area contributed by atoms with E-state index in [2.05, 4.69) is 36.0 Å². The minimum atomic E-state index is -0.733. The molecule has 1 aliphatic rings. The number of nitrogens with zero attached hydrogens (tertiary/aromatic N) is 5. The molecule has 0 spiro atoms. The number of nitrogens with one attached hydrogen (secondary N) is 1. The molecule has 9 nitrogen and oxygen atoms in total. The maximum atomic E-state index is 13.7. The number of benzene rings is 3. The first-order valence-corrected chi connectivity index (χ1v) is 14.4. The van der Waals surface area contributed by atoms with Gasteiger partial charge in [-0.25, -0.2) is 14.6 Å². The summed E-state index contributed by atoms with van der Waals surface area (Å²) in [5.41, 5.74) is 4.37. The maximum absolute atomic E-state index is 13.7. The fourth-order valence-electron chi connectivity index (χ4n) is 5.15. The van der Waals surface area contributed by atoms with Crippen molar-refractivity contribution in [3.8, 4) is 16.9 Å². The third-order valence-corrected chi connectivity index (χ3v) is 7.59. The highest BCUT2D eigenvalue weighted by atomic mass is 16.5. The van der Waals surface area contributed by atoms with Crippen LogP contribution in [0.4, 0.5) is 11.8 Å². The third kappa shape index (κ3) is 5.76. The van der Waals surface area contributed by atoms with Gasteiger partial charge in [0.25, 0.3) is 11.7 Å². The van der Waals surface area contributed by atoms with E-state index in [0.29, 0.717) is 35.9 Å². The second-order valence-electron chi connectivity index (χ2n) is 11.7. The molecule has 0 aliphatic carbocycles. The minimum absolute atomic E-state index is 0.256. The molecule has 43 heavy (non-hydrogen) atoms. The fourth-order valence-corrected chi connectivity index (χ4v) is 5.15. The van der Waals surface area contributed by atoms with Gasteiger partial charge >= 0.3 is 0 Å². The normalized spacial score (nSPS) is 13.7. The number of carbonyl (C=O) groups excluding carboxylic acids is 2. The highest BCUT2D eigenvalue weighted by Crippen LogP contribution is 2.32. The Kier molecular flexibility index (Phi) is 7.50. The smallest absolute Gasteiger partial charge is 0.297 e. The van der Waals surface area contributed by atoms with Gasteiger partial charge in [-0.15, -0.1) is 0 Å². The number of anilines is 2. The summed E-state index contributed by atoms with van der Waals surface area (Å²) < 4.78 is 7.14. The van der Waals surface area contributed by atoms with Crippen LogP contribution in [0.1, 0.15) is 42.4 Å². The van der Waals surface area contributed by atoms with E-state index < -0.39 is 11.7 Å². The lowest BCUT2D eigenvalue weighted by Gasteiger charge is -2.26. The van der Waals surface area contributed by atoms with Gasteiger partial charge in [-0.2, -0.15) is 5.10 Å². The molecule has 0 bridgehead atoms. The molecule has 3 heterocycles. The highest BCUT2D eigenvalue weighted by Gasteiger charge is 2.25. The van der Waals surface area contributed by atoms with Gasteiger partial charge in [-0.1, -0.05) is 68.8 Å². The molecule has 1 fully saturated rings. The fraction of sp³-hybridized carbons (Fsp3) is 0.265. The van der Waals surface area contributed by atoms with Crippen molar-refractivity contribution in [2.75, 3.05) is 36.5 Å². The van der Waals surface area contributed by atoms with Gasteiger partial charge in [0.05, 0.1) is 30.3 Å². The number of carbonyl (C=O) groups is 2. The first-order valence-electron chi connectivity index (χ1n) is 14.4. The Morgan fingerprint density at radius 3 is 2.35 bits per heavy atom. The van der Waals surface area contributed by atoms with E-state index in [4.69, 9.17) is 14.8 Å². The van der Waals surface area contributed by atoms with Gasteiger partial charge in [0.15, 0.2) is 0 Å². The molecule has 6 rings (SSSR count). The number of rotatable bonds is 6. The largest absolute Gasteiger partial charge is 0.378 e. The lowest BCUT2D eigenvalue weighted by atomic mass is 9.92. The van der Waals surface area contributed by atoms with Crippen LogP contribution in [0.2, 0.25) is 0 Å². The Labute approximate surface area is 250 Å². The Morgan fingerprint density at radius 1 is 0.907 bits per heavy atom. The van der Waals surface area contributed by atoms with Crippen LogP contribution in [-0.4, -0.2) is 57.7 Å². The molecule has 3 aromatic carbocycles. The summed E-state index contributed by atoms with van der Waals surface area (Å²) in [7, 11) is 0. The van der Waals surface area contributed by atoms with Crippen LogP contribution in [0.5, 0.6) is 0 Å². The average molecular weight is 575 g/mol. The highest BCUT2D eigenvalue weighted by molar-refractivity contribution is 6.48. The quantitative estimate of drug-likeness (QED) is 0.204. The topological polar surface area (TPSA) is 102 Å². The molecule has 218 valence electrons. The summed E-state index contributed by atoms with van der Waals surface area (Å²) in [5.74, 6) is -0.287. The minimum Gasteiger partial charge on any atom is -0.378 e. The van der Waals surface area contributed by atoms with Crippen LogP contribution in [0.3, 0.4) is 0 Å². The predicted octanol–water partition coefficient (Wildman–Crippen LogP) is 5.75. The number of hydrogen-bond acceptors (Lipinski definition) is 7. The van der Waals surface area contributed by atoms with Gasteiger partial charge in [-0.05, 0) is 42.0 Å². The summed E-state index contributed by atoms with van der Waals surface area (Å²) >= 11 is 0. The summed E-state index contributed by atoms with van der Waals surface area (Å²) in [6.45, 7) is 10.9. The number of ether oxygens (including phenoxy) is 1. The van der Waals surface area contributed by atoms with Crippen molar-refractivity contribution in [1.82, 2.24) is 19.7 Å². The number of hydrogen-bond donors (Lipinski definition) is 1. The van der Waals surface area contributed by atoms with Crippen molar-refractivity contribution < 1.29 is 14.3 Å². The number of morpholine rings is 1. The number of fused-ring (bicyclic) bond motifs is 1. The molecule has 1 saturated heterocycles. The molecular formula is C34H34N6O3. The third-order valence-electron chi connectivity index (χ3n) is 7.59. The molecule has 5 aromatic rings. The average Bonchev–Trinajstić information content (AvgIpc) is 3.45. The zero-order valence-electron chi connectivity index (χ0n) is 24.8. The first-order chi connectivity index (χ1) is 20.7. The van der Waals surface area contributed by atoms with Gasteiger partial charge in [0.2, 0.25) is 5.95 Å². The summed E-state index contributed by atoms with van der Waals surface area (Å²) in [6, 6.07) is 22.7. The molecule has 0 radical (unpaired) electrons. The van der Waals surface area contributed by atoms with Gasteiger partial charge in [-0.3, -0.25) is 9.59 Å². The van der Waals surface area contributed by atoms with Gasteiger partial charge in [0.1, 0.15) is 5.82 Å². The van der Waals surface area contributed by atoms with E-state index in [-0.39, 0.29) is 5.41 Å². The zero-order chi connectivity index (χ0) is 30.1. The van der Waals surface area contributed by atoms with E-state index in [9.17, 15) is 9.59 Å². The van der Waals surface area contributed by atoms with E-state index in [1.165, 1.54) is 0 Å². The second kappa shape index (κ2) is 11.4. The van der Waals surface area contributed by atoms with Crippen molar-refractivity contribution in [2.45, 2.75) is 33.1 Å². The van der Waals surface area contributed by atoms with Crippen molar-refractivity contribution in [3.05, 3.63) is 95.8 Å². The van der Waals surface area contributed by atoms with Gasteiger partial charge in [0, 0.05) is 41.9 Å². The molecule has 0 unspecified atom stereocenters. The van der Waals surface area contributed by atoms with Crippen LogP contribution in [0.25, 0.3) is 27.7 Å². The van der Waals surface area contributed by atoms with Gasteiger partial charge < -0.3 is 15.0 Å². The van der Waals surface area contributed by atoms with E-state index in [1.807, 2.05) is 73.7 Å². The second-order valence-corrected chi connectivity index (χ2v) is 11.7. The molecular weight excluding hydrogens is 540 g/mol.